The van der Waals surface area contributed by atoms with Gasteiger partial charge in [0.15, 0.2) is 11.6 Å². The van der Waals surface area contributed by atoms with Crippen LogP contribution in [0.25, 0.3) is 0 Å². The number of halogens is 2. The Hall–Kier alpha value is -1.88. The second kappa shape index (κ2) is 6.52. The lowest BCUT2D eigenvalue weighted by Gasteiger charge is -2.09. The van der Waals surface area contributed by atoms with E-state index in [0.29, 0.717) is 6.29 Å². The van der Waals surface area contributed by atoms with Crippen LogP contribution < -0.4 is 9.47 Å². The Morgan fingerprint density at radius 2 is 1.95 bits per heavy atom. The molecule has 20 heavy (non-hydrogen) atoms. The van der Waals surface area contributed by atoms with E-state index in [-0.39, 0.29) is 17.9 Å². The van der Waals surface area contributed by atoms with Crippen LogP contribution in [0, 0.1) is 5.82 Å². The van der Waals surface area contributed by atoms with Crippen LogP contribution in [0.5, 0.6) is 11.5 Å². The summed E-state index contributed by atoms with van der Waals surface area (Å²) in [6.07, 6.45) is 0.591. The third-order valence-corrected chi connectivity index (χ3v) is 3.32. The van der Waals surface area contributed by atoms with E-state index in [1.54, 1.807) is 13.2 Å². The Morgan fingerprint density at radius 3 is 2.55 bits per heavy atom. The smallest absolute Gasteiger partial charge is 0.165 e. The summed E-state index contributed by atoms with van der Waals surface area (Å²) < 4.78 is 25.0. The molecule has 3 nitrogen and oxygen atoms in total. The Labute approximate surface area is 124 Å². The number of methoxy groups -OCH3 is 1. The van der Waals surface area contributed by atoms with Gasteiger partial charge in [0.1, 0.15) is 18.6 Å². The number of carbonyl (C=O) groups is 1. The highest BCUT2D eigenvalue weighted by Crippen LogP contribution is 2.26. The third kappa shape index (κ3) is 3.36. The van der Waals surface area contributed by atoms with Crippen molar-refractivity contribution >= 4 is 22.2 Å². The SMILES string of the molecule is COc1ccc(COc2ccc(C=O)cc2F)cc1Br. The van der Waals surface area contributed by atoms with E-state index >= 15 is 0 Å². The third-order valence-electron chi connectivity index (χ3n) is 2.70. The molecule has 2 aromatic carbocycles. The summed E-state index contributed by atoms with van der Waals surface area (Å²) in [5, 5.41) is 0. The molecule has 0 bridgehead atoms. The highest BCUT2D eigenvalue weighted by atomic mass is 79.9. The van der Waals surface area contributed by atoms with Crippen LogP contribution in [0.15, 0.2) is 40.9 Å². The molecule has 0 fully saturated rings. The molecule has 0 unspecified atom stereocenters. The Kier molecular flexibility index (Phi) is 4.74. The first-order valence-electron chi connectivity index (χ1n) is 5.84. The number of hydrogen-bond acceptors (Lipinski definition) is 3. The monoisotopic (exact) mass is 338 g/mol. The second-order valence-electron chi connectivity index (χ2n) is 4.07. The molecule has 0 saturated carbocycles. The minimum absolute atomic E-state index is 0.113. The molecule has 0 aliphatic heterocycles. The number of rotatable bonds is 5. The zero-order chi connectivity index (χ0) is 14.5. The molecule has 0 N–H and O–H groups in total. The molecular weight excluding hydrogens is 327 g/mol. The van der Waals surface area contributed by atoms with Gasteiger partial charge < -0.3 is 9.47 Å². The van der Waals surface area contributed by atoms with Gasteiger partial charge in [0.2, 0.25) is 0 Å². The van der Waals surface area contributed by atoms with Gasteiger partial charge in [-0.2, -0.15) is 0 Å². The first kappa shape index (κ1) is 14.5. The zero-order valence-corrected chi connectivity index (χ0v) is 12.3. The lowest BCUT2D eigenvalue weighted by Crippen LogP contribution is -1.98. The largest absolute Gasteiger partial charge is 0.496 e. The molecule has 5 heteroatoms. The van der Waals surface area contributed by atoms with Crippen molar-refractivity contribution < 1.29 is 18.7 Å². The first-order valence-corrected chi connectivity index (χ1v) is 6.63. The fourth-order valence-corrected chi connectivity index (χ4v) is 2.26. The van der Waals surface area contributed by atoms with Crippen molar-refractivity contribution in [3.8, 4) is 11.5 Å². The average molecular weight is 339 g/mol. The van der Waals surface area contributed by atoms with E-state index < -0.39 is 5.82 Å². The maximum Gasteiger partial charge on any atom is 0.165 e. The average Bonchev–Trinajstić information content (AvgIpc) is 2.46. The van der Waals surface area contributed by atoms with Gasteiger partial charge in [-0.25, -0.2) is 4.39 Å². The highest BCUT2D eigenvalue weighted by molar-refractivity contribution is 9.10. The van der Waals surface area contributed by atoms with E-state index in [0.717, 1.165) is 21.9 Å². The summed E-state index contributed by atoms with van der Waals surface area (Å²) >= 11 is 3.37. The van der Waals surface area contributed by atoms with Gasteiger partial charge in [-0.1, -0.05) is 6.07 Å². The second-order valence-corrected chi connectivity index (χ2v) is 4.92. The topological polar surface area (TPSA) is 35.5 Å². The van der Waals surface area contributed by atoms with Crippen molar-refractivity contribution in [2.75, 3.05) is 7.11 Å². The summed E-state index contributed by atoms with van der Waals surface area (Å²) in [5.41, 5.74) is 1.15. The van der Waals surface area contributed by atoms with Gasteiger partial charge in [-0.05, 0) is 51.8 Å². The van der Waals surface area contributed by atoms with Crippen molar-refractivity contribution in [3.05, 3.63) is 57.8 Å². The molecule has 0 spiro atoms. The van der Waals surface area contributed by atoms with Crippen LogP contribution in [0.3, 0.4) is 0 Å². The maximum atomic E-state index is 13.6. The van der Waals surface area contributed by atoms with Crippen molar-refractivity contribution in [1.82, 2.24) is 0 Å². The van der Waals surface area contributed by atoms with Gasteiger partial charge in [0.25, 0.3) is 0 Å². The molecular formula is C15H12BrFO3. The van der Waals surface area contributed by atoms with E-state index in [4.69, 9.17) is 9.47 Å². The van der Waals surface area contributed by atoms with Crippen molar-refractivity contribution in [2.24, 2.45) is 0 Å². The molecule has 0 saturated heterocycles. The Bertz CT molecular complexity index is 629. The molecule has 0 aliphatic rings. The van der Waals surface area contributed by atoms with Gasteiger partial charge in [0.05, 0.1) is 11.6 Å². The van der Waals surface area contributed by atoms with Crippen LogP contribution in [0.4, 0.5) is 4.39 Å². The number of aldehydes is 1. The first-order chi connectivity index (χ1) is 9.63. The molecule has 0 aliphatic carbocycles. The van der Waals surface area contributed by atoms with Crippen LogP contribution in [-0.4, -0.2) is 13.4 Å². The molecule has 104 valence electrons. The molecule has 0 heterocycles. The van der Waals surface area contributed by atoms with Crippen molar-refractivity contribution in [2.45, 2.75) is 6.61 Å². The van der Waals surface area contributed by atoms with Crippen LogP contribution in [0.1, 0.15) is 15.9 Å². The number of hydrogen-bond donors (Lipinski definition) is 0. The Balaban J connectivity index is 2.08. The predicted molar refractivity (Wildman–Crippen MR) is 76.8 cm³/mol. The summed E-state index contributed by atoms with van der Waals surface area (Å²) in [6, 6.07) is 9.58. The molecule has 2 rings (SSSR count). The Morgan fingerprint density at radius 1 is 1.20 bits per heavy atom. The molecule has 0 aromatic heterocycles. The van der Waals surface area contributed by atoms with Gasteiger partial charge in [-0.3, -0.25) is 4.79 Å². The standard InChI is InChI=1S/C15H12BrFO3/c1-19-14-4-3-11(6-12(14)16)9-20-15-5-2-10(8-18)7-13(15)17/h2-8H,9H2,1H3. The fourth-order valence-electron chi connectivity index (χ4n) is 1.67. The number of ether oxygens (including phenoxy) is 2. The molecule has 0 amide bonds. The van der Waals surface area contributed by atoms with Crippen molar-refractivity contribution in [1.29, 1.82) is 0 Å². The zero-order valence-electron chi connectivity index (χ0n) is 10.7. The quantitative estimate of drug-likeness (QED) is 0.773. The summed E-state index contributed by atoms with van der Waals surface area (Å²) in [7, 11) is 1.58. The van der Waals surface area contributed by atoms with E-state index in [1.807, 2.05) is 12.1 Å². The minimum atomic E-state index is -0.554. The summed E-state index contributed by atoms with van der Waals surface area (Å²) in [4.78, 5) is 10.5. The predicted octanol–water partition coefficient (Wildman–Crippen LogP) is 3.99. The molecule has 0 radical (unpaired) electrons. The van der Waals surface area contributed by atoms with Crippen molar-refractivity contribution in [3.63, 3.8) is 0 Å². The number of benzene rings is 2. The normalized spacial score (nSPS) is 10.2. The van der Waals surface area contributed by atoms with E-state index in [2.05, 4.69) is 15.9 Å². The van der Waals surface area contributed by atoms with Crippen LogP contribution >= 0.6 is 15.9 Å². The van der Waals surface area contributed by atoms with Crippen LogP contribution in [-0.2, 0) is 6.61 Å². The number of carbonyl (C=O) groups excluding carboxylic acids is 1. The highest BCUT2D eigenvalue weighted by Gasteiger charge is 2.06. The van der Waals surface area contributed by atoms with Gasteiger partial charge >= 0.3 is 0 Å². The summed E-state index contributed by atoms with van der Waals surface area (Å²) in [5.74, 6) is 0.278. The van der Waals surface area contributed by atoms with Gasteiger partial charge in [0, 0.05) is 5.56 Å². The van der Waals surface area contributed by atoms with Crippen LogP contribution in [0.2, 0.25) is 0 Å². The maximum absolute atomic E-state index is 13.6. The molecule has 0 atom stereocenters. The fraction of sp³-hybridized carbons (Fsp3) is 0.133. The summed E-state index contributed by atoms with van der Waals surface area (Å²) in [6.45, 7) is 0.222. The van der Waals surface area contributed by atoms with E-state index in [9.17, 15) is 9.18 Å². The lowest BCUT2D eigenvalue weighted by atomic mass is 10.2. The van der Waals surface area contributed by atoms with E-state index in [1.165, 1.54) is 12.1 Å². The minimum Gasteiger partial charge on any atom is -0.496 e. The molecule has 2 aromatic rings. The lowest BCUT2D eigenvalue weighted by molar-refractivity contribution is 0.112. The van der Waals surface area contributed by atoms with Gasteiger partial charge in [-0.15, -0.1) is 0 Å².